The summed E-state index contributed by atoms with van der Waals surface area (Å²) in [6.07, 6.45) is 8.50. The Morgan fingerprint density at radius 2 is 1.95 bits per heavy atom. The third-order valence-electron chi connectivity index (χ3n) is 3.57. The minimum Gasteiger partial charge on any atom is -0.372 e. The van der Waals surface area contributed by atoms with Crippen LogP contribution in [0.4, 0.5) is 0 Å². The molecule has 3 heteroatoms. The van der Waals surface area contributed by atoms with Gasteiger partial charge in [0.1, 0.15) is 0 Å². The van der Waals surface area contributed by atoms with Crippen molar-refractivity contribution >= 4 is 0 Å². The van der Waals surface area contributed by atoms with Crippen molar-refractivity contribution in [1.82, 2.24) is 4.98 Å². The molecule has 0 aliphatic heterocycles. The standard InChI is InChI=1S/C16H28N2O/c1-4-6-7-14(5-2)12-19-16(13(3)17)15-8-10-18-11-9-15/h8-11,13-14,16H,4-7,12,17H2,1-3H3. The van der Waals surface area contributed by atoms with Crippen LogP contribution in [-0.4, -0.2) is 17.6 Å². The Labute approximate surface area is 117 Å². The van der Waals surface area contributed by atoms with E-state index in [1.165, 1.54) is 25.7 Å². The van der Waals surface area contributed by atoms with Crippen LogP contribution in [0.5, 0.6) is 0 Å². The van der Waals surface area contributed by atoms with Crippen molar-refractivity contribution in [3.8, 4) is 0 Å². The Morgan fingerprint density at radius 3 is 2.47 bits per heavy atom. The lowest BCUT2D eigenvalue weighted by molar-refractivity contribution is 0.0127. The fourth-order valence-electron chi connectivity index (χ4n) is 2.24. The Hall–Kier alpha value is -0.930. The summed E-state index contributed by atoms with van der Waals surface area (Å²) in [5.74, 6) is 0.642. The largest absolute Gasteiger partial charge is 0.372 e. The molecule has 0 aliphatic carbocycles. The summed E-state index contributed by atoms with van der Waals surface area (Å²) in [6, 6.07) is 3.97. The Morgan fingerprint density at radius 1 is 1.26 bits per heavy atom. The predicted molar refractivity (Wildman–Crippen MR) is 79.9 cm³/mol. The molecule has 19 heavy (non-hydrogen) atoms. The molecule has 0 fully saturated rings. The van der Waals surface area contributed by atoms with Gasteiger partial charge in [-0.25, -0.2) is 0 Å². The number of hydrogen-bond donors (Lipinski definition) is 1. The molecule has 108 valence electrons. The van der Waals surface area contributed by atoms with Gasteiger partial charge in [-0.05, 0) is 37.0 Å². The maximum absolute atomic E-state index is 6.09. The Kier molecular flexibility index (Phi) is 7.68. The van der Waals surface area contributed by atoms with E-state index >= 15 is 0 Å². The lowest BCUT2D eigenvalue weighted by atomic mass is 10.00. The zero-order chi connectivity index (χ0) is 14.1. The molecule has 2 N–H and O–H groups in total. The normalized spacial score (nSPS) is 16.0. The number of nitrogens with zero attached hydrogens (tertiary/aromatic N) is 1. The van der Waals surface area contributed by atoms with Crippen LogP contribution in [-0.2, 0) is 4.74 Å². The average molecular weight is 264 g/mol. The number of pyridine rings is 1. The number of ether oxygens (including phenoxy) is 1. The second kappa shape index (κ2) is 9.05. The molecule has 3 atom stereocenters. The molecular formula is C16H28N2O. The molecule has 1 heterocycles. The van der Waals surface area contributed by atoms with Crippen LogP contribution in [0.2, 0.25) is 0 Å². The molecule has 0 spiro atoms. The SMILES string of the molecule is CCCCC(CC)COC(c1ccncc1)C(C)N. The van der Waals surface area contributed by atoms with Crippen LogP contribution in [0.15, 0.2) is 24.5 Å². The van der Waals surface area contributed by atoms with Gasteiger partial charge in [0.25, 0.3) is 0 Å². The third-order valence-corrected chi connectivity index (χ3v) is 3.57. The number of nitrogens with two attached hydrogens (primary N) is 1. The highest BCUT2D eigenvalue weighted by Gasteiger charge is 2.18. The summed E-state index contributed by atoms with van der Waals surface area (Å²) < 4.78 is 6.09. The summed E-state index contributed by atoms with van der Waals surface area (Å²) in [6.45, 7) is 7.26. The average Bonchev–Trinajstić information content (AvgIpc) is 2.43. The van der Waals surface area contributed by atoms with Crippen LogP contribution >= 0.6 is 0 Å². The van der Waals surface area contributed by atoms with Gasteiger partial charge in [0, 0.05) is 18.4 Å². The first-order valence-corrected chi connectivity index (χ1v) is 7.46. The predicted octanol–water partition coefficient (Wildman–Crippen LogP) is 3.70. The first-order chi connectivity index (χ1) is 9.19. The van der Waals surface area contributed by atoms with Crippen molar-refractivity contribution in [3.05, 3.63) is 30.1 Å². The van der Waals surface area contributed by atoms with Gasteiger partial charge >= 0.3 is 0 Å². The first-order valence-electron chi connectivity index (χ1n) is 7.46. The summed E-state index contributed by atoms with van der Waals surface area (Å²) >= 11 is 0. The molecular weight excluding hydrogens is 236 g/mol. The Balaban J connectivity index is 2.55. The maximum atomic E-state index is 6.09. The number of unbranched alkanes of at least 4 members (excludes halogenated alkanes) is 1. The fraction of sp³-hybridized carbons (Fsp3) is 0.688. The van der Waals surface area contributed by atoms with E-state index in [1.54, 1.807) is 12.4 Å². The van der Waals surface area contributed by atoms with E-state index in [-0.39, 0.29) is 12.1 Å². The summed E-state index contributed by atoms with van der Waals surface area (Å²) in [5, 5.41) is 0. The van der Waals surface area contributed by atoms with Crippen LogP contribution in [0.3, 0.4) is 0 Å². The molecule has 0 saturated carbocycles. The highest BCUT2D eigenvalue weighted by molar-refractivity contribution is 5.14. The summed E-state index contributed by atoms with van der Waals surface area (Å²) in [5.41, 5.74) is 7.17. The van der Waals surface area contributed by atoms with E-state index < -0.39 is 0 Å². The quantitative estimate of drug-likeness (QED) is 0.739. The van der Waals surface area contributed by atoms with Crippen LogP contribution in [0.1, 0.15) is 58.1 Å². The minimum absolute atomic E-state index is 0.00826. The molecule has 0 amide bonds. The molecule has 1 aromatic heterocycles. The lowest BCUT2D eigenvalue weighted by Crippen LogP contribution is -2.28. The van der Waals surface area contributed by atoms with Crippen LogP contribution in [0.25, 0.3) is 0 Å². The van der Waals surface area contributed by atoms with Gasteiger partial charge in [-0.15, -0.1) is 0 Å². The van der Waals surface area contributed by atoms with Crippen molar-refractivity contribution in [2.75, 3.05) is 6.61 Å². The fourth-order valence-corrected chi connectivity index (χ4v) is 2.24. The van der Waals surface area contributed by atoms with E-state index in [9.17, 15) is 0 Å². The molecule has 0 bridgehead atoms. The van der Waals surface area contributed by atoms with Crippen LogP contribution < -0.4 is 5.73 Å². The first kappa shape index (κ1) is 16.1. The maximum Gasteiger partial charge on any atom is 0.0974 e. The zero-order valence-electron chi connectivity index (χ0n) is 12.5. The third kappa shape index (κ3) is 5.70. The topological polar surface area (TPSA) is 48.1 Å². The van der Waals surface area contributed by atoms with E-state index in [4.69, 9.17) is 10.5 Å². The minimum atomic E-state index is -0.0290. The number of aromatic nitrogens is 1. The summed E-state index contributed by atoms with van der Waals surface area (Å²) in [7, 11) is 0. The lowest BCUT2D eigenvalue weighted by Gasteiger charge is -2.24. The van der Waals surface area contributed by atoms with Crippen LogP contribution in [0, 0.1) is 5.92 Å². The smallest absolute Gasteiger partial charge is 0.0974 e. The van der Waals surface area contributed by atoms with Gasteiger partial charge < -0.3 is 10.5 Å². The van der Waals surface area contributed by atoms with Gasteiger partial charge in [-0.3, -0.25) is 4.98 Å². The van der Waals surface area contributed by atoms with Crippen molar-refractivity contribution < 1.29 is 4.74 Å². The highest BCUT2D eigenvalue weighted by Crippen LogP contribution is 2.22. The molecule has 1 rings (SSSR count). The molecule has 1 aromatic rings. The Bertz CT molecular complexity index is 327. The second-order valence-corrected chi connectivity index (χ2v) is 5.31. The number of rotatable bonds is 9. The van der Waals surface area contributed by atoms with Crippen molar-refractivity contribution in [1.29, 1.82) is 0 Å². The van der Waals surface area contributed by atoms with Gasteiger partial charge in [-0.2, -0.15) is 0 Å². The molecule has 3 nitrogen and oxygen atoms in total. The van der Waals surface area contributed by atoms with Crippen molar-refractivity contribution in [2.45, 2.75) is 58.6 Å². The van der Waals surface area contributed by atoms with E-state index in [2.05, 4.69) is 18.8 Å². The van der Waals surface area contributed by atoms with Gasteiger partial charge in [0.15, 0.2) is 0 Å². The molecule has 0 saturated heterocycles. The monoisotopic (exact) mass is 264 g/mol. The van der Waals surface area contributed by atoms with Crippen molar-refractivity contribution in [3.63, 3.8) is 0 Å². The van der Waals surface area contributed by atoms with Gasteiger partial charge in [-0.1, -0.05) is 33.1 Å². The number of hydrogen-bond acceptors (Lipinski definition) is 3. The molecule has 3 unspecified atom stereocenters. The molecule has 0 aliphatic rings. The van der Waals surface area contributed by atoms with Gasteiger partial charge in [0.05, 0.1) is 12.7 Å². The van der Waals surface area contributed by atoms with E-state index in [0.717, 1.165) is 12.2 Å². The van der Waals surface area contributed by atoms with E-state index in [0.29, 0.717) is 5.92 Å². The van der Waals surface area contributed by atoms with Crippen molar-refractivity contribution in [2.24, 2.45) is 11.7 Å². The molecule has 0 radical (unpaired) electrons. The summed E-state index contributed by atoms with van der Waals surface area (Å²) in [4.78, 5) is 4.04. The highest BCUT2D eigenvalue weighted by atomic mass is 16.5. The van der Waals surface area contributed by atoms with Gasteiger partial charge in [0.2, 0.25) is 0 Å². The second-order valence-electron chi connectivity index (χ2n) is 5.31. The van der Waals surface area contributed by atoms with E-state index in [1.807, 2.05) is 19.1 Å². The zero-order valence-corrected chi connectivity index (χ0v) is 12.5. The molecule has 0 aromatic carbocycles.